The lowest BCUT2D eigenvalue weighted by Crippen LogP contribution is -2.43. The average Bonchev–Trinajstić information content (AvgIpc) is 3.58. The molecule has 0 saturated carbocycles. The van der Waals surface area contributed by atoms with Crippen molar-refractivity contribution in [2.45, 2.75) is 19.4 Å². The lowest BCUT2D eigenvalue weighted by Gasteiger charge is -2.30. The van der Waals surface area contributed by atoms with Gasteiger partial charge in [0.1, 0.15) is 5.69 Å². The maximum atomic E-state index is 13.3. The summed E-state index contributed by atoms with van der Waals surface area (Å²) in [5.41, 5.74) is 2.85. The van der Waals surface area contributed by atoms with Crippen molar-refractivity contribution in [3.63, 3.8) is 0 Å². The fourth-order valence-corrected chi connectivity index (χ4v) is 4.43. The molecule has 178 valence electrons. The third-order valence-corrected chi connectivity index (χ3v) is 6.49. The Kier molecular flexibility index (Phi) is 6.68. The van der Waals surface area contributed by atoms with Crippen LogP contribution in [0.1, 0.15) is 28.9 Å². The second-order valence-electron chi connectivity index (χ2n) is 8.55. The Labute approximate surface area is 208 Å². The largest absolute Gasteiger partial charge is 0.463 e. The number of amides is 2. The lowest BCUT2D eigenvalue weighted by atomic mass is 9.95. The van der Waals surface area contributed by atoms with Crippen molar-refractivity contribution in [3.8, 4) is 17.1 Å². The van der Waals surface area contributed by atoms with E-state index < -0.39 is 0 Å². The van der Waals surface area contributed by atoms with Crippen molar-refractivity contribution in [2.75, 3.05) is 13.1 Å². The number of nitrogens with zero attached hydrogens (tertiary/aromatic N) is 3. The number of likely N-dealkylation sites (tertiary alicyclic amines) is 1. The summed E-state index contributed by atoms with van der Waals surface area (Å²) in [6, 6.07) is 22.4. The van der Waals surface area contributed by atoms with E-state index in [-0.39, 0.29) is 17.7 Å². The number of nitrogens with one attached hydrogen (secondary N) is 1. The van der Waals surface area contributed by atoms with Crippen molar-refractivity contribution in [2.24, 2.45) is 5.92 Å². The van der Waals surface area contributed by atoms with Crippen molar-refractivity contribution in [3.05, 3.63) is 95.3 Å². The number of benzene rings is 2. The zero-order chi connectivity index (χ0) is 24.2. The molecule has 35 heavy (non-hydrogen) atoms. The highest BCUT2D eigenvalue weighted by atomic mass is 35.5. The predicted octanol–water partition coefficient (Wildman–Crippen LogP) is 4.95. The van der Waals surface area contributed by atoms with Crippen LogP contribution in [0.3, 0.4) is 0 Å². The quantitative estimate of drug-likeness (QED) is 0.416. The van der Waals surface area contributed by atoms with Crippen LogP contribution in [-0.2, 0) is 11.3 Å². The van der Waals surface area contributed by atoms with Gasteiger partial charge >= 0.3 is 0 Å². The highest BCUT2D eigenvalue weighted by molar-refractivity contribution is 6.30. The molecule has 1 aliphatic rings. The topological polar surface area (TPSA) is 80.4 Å². The molecule has 5 rings (SSSR count). The Balaban J connectivity index is 1.26. The summed E-state index contributed by atoms with van der Waals surface area (Å²) >= 11 is 6.04. The van der Waals surface area contributed by atoms with E-state index in [1.807, 2.05) is 48.5 Å². The first kappa shape index (κ1) is 22.9. The van der Waals surface area contributed by atoms with Gasteiger partial charge in [-0.3, -0.25) is 9.59 Å². The molecular weight excluding hydrogens is 464 g/mol. The maximum absolute atomic E-state index is 13.3. The molecule has 0 spiro atoms. The summed E-state index contributed by atoms with van der Waals surface area (Å²) in [6.45, 7) is 1.52. The van der Waals surface area contributed by atoms with E-state index in [2.05, 4.69) is 10.4 Å². The maximum Gasteiger partial charge on any atom is 0.274 e. The number of rotatable bonds is 6. The Hall–Kier alpha value is -3.84. The SMILES string of the molecule is O=C(NCc1ccccc1)C1CCN(C(=O)c2cc(-c3ccco3)n(-c3ccc(Cl)cc3)n2)CC1. The zero-order valence-corrected chi connectivity index (χ0v) is 19.8. The molecule has 2 aromatic heterocycles. The average molecular weight is 489 g/mol. The number of piperidine rings is 1. The number of halogens is 1. The monoisotopic (exact) mass is 488 g/mol. The fourth-order valence-electron chi connectivity index (χ4n) is 4.30. The second-order valence-corrected chi connectivity index (χ2v) is 8.99. The molecule has 1 saturated heterocycles. The van der Waals surface area contributed by atoms with Crippen LogP contribution < -0.4 is 5.32 Å². The normalized spacial score (nSPS) is 14.1. The highest BCUT2D eigenvalue weighted by Crippen LogP contribution is 2.27. The molecule has 7 nitrogen and oxygen atoms in total. The Morgan fingerprint density at radius 2 is 1.74 bits per heavy atom. The highest BCUT2D eigenvalue weighted by Gasteiger charge is 2.29. The summed E-state index contributed by atoms with van der Waals surface area (Å²) in [5.74, 6) is 0.384. The van der Waals surface area contributed by atoms with Gasteiger partial charge in [-0.15, -0.1) is 0 Å². The van der Waals surface area contributed by atoms with Crippen LogP contribution in [0.4, 0.5) is 0 Å². The molecule has 0 atom stereocenters. The van der Waals surface area contributed by atoms with Crippen LogP contribution in [0.15, 0.2) is 83.5 Å². The molecule has 0 bridgehead atoms. The molecule has 8 heteroatoms. The van der Waals surface area contributed by atoms with Gasteiger partial charge in [-0.05, 0) is 54.8 Å². The third-order valence-electron chi connectivity index (χ3n) is 6.24. The van der Waals surface area contributed by atoms with Gasteiger partial charge in [0.15, 0.2) is 11.5 Å². The molecule has 0 radical (unpaired) electrons. The third kappa shape index (κ3) is 5.15. The van der Waals surface area contributed by atoms with E-state index in [1.165, 1.54) is 0 Å². The molecule has 2 aromatic carbocycles. The Bertz CT molecular complexity index is 1290. The minimum absolute atomic E-state index is 0.0353. The van der Waals surface area contributed by atoms with E-state index in [0.717, 1.165) is 11.3 Å². The van der Waals surface area contributed by atoms with Gasteiger partial charge in [-0.25, -0.2) is 4.68 Å². The van der Waals surface area contributed by atoms with E-state index in [0.29, 0.717) is 54.6 Å². The zero-order valence-electron chi connectivity index (χ0n) is 19.1. The number of furan rings is 1. The molecule has 1 aliphatic heterocycles. The minimum atomic E-state index is -0.159. The molecule has 0 aliphatic carbocycles. The van der Waals surface area contributed by atoms with Gasteiger partial charge < -0.3 is 14.6 Å². The van der Waals surface area contributed by atoms with Gasteiger partial charge in [0.2, 0.25) is 5.91 Å². The number of carbonyl (C=O) groups is 2. The number of aromatic nitrogens is 2. The first-order chi connectivity index (χ1) is 17.1. The second kappa shape index (κ2) is 10.2. The Morgan fingerprint density at radius 1 is 1.00 bits per heavy atom. The number of hydrogen-bond acceptors (Lipinski definition) is 4. The molecule has 3 heterocycles. The van der Waals surface area contributed by atoms with Crippen LogP contribution in [0.25, 0.3) is 17.1 Å². The summed E-state index contributed by atoms with van der Waals surface area (Å²) < 4.78 is 7.27. The molecule has 4 aromatic rings. The van der Waals surface area contributed by atoms with E-state index in [1.54, 1.807) is 40.1 Å². The van der Waals surface area contributed by atoms with Gasteiger partial charge in [0.25, 0.3) is 5.91 Å². The molecule has 2 amide bonds. The van der Waals surface area contributed by atoms with Gasteiger partial charge in [0.05, 0.1) is 12.0 Å². The molecule has 0 unspecified atom stereocenters. The van der Waals surface area contributed by atoms with Crippen LogP contribution in [0.2, 0.25) is 5.02 Å². The first-order valence-electron chi connectivity index (χ1n) is 11.6. The summed E-state index contributed by atoms with van der Waals surface area (Å²) in [4.78, 5) is 27.7. The van der Waals surface area contributed by atoms with E-state index in [4.69, 9.17) is 16.0 Å². The smallest absolute Gasteiger partial charge is 0.274 e. The molecule has 1 fully saturated rings. The van der Waals surface area contributed by atoms with E-state index >= 15 is 0 Å². The lowest BCUT2D eigenvalue weighted by molar-refractivity contribution is -0.126. The molecular formula is C27H25ClN4O3. The van der Waals surface area contributed by atoms with Gasteiger partial charge in [-0.2, -0.15) is 5.10 Å². The summed E-state index contributed by atoms with van der Waals surface area (Å²) in [7, 11) is 0. The first-order valence-corrected chi connectivity index (χ1v) is 12.0. The minimum Gasteiger partial charge on any atom is -0.463 e. The van der Waals surface area contributed by atoms with Crippen molar-refractivity contribution in [1.29, 1.82) is 0 Å². The fraction of sp³-hybridized carbons (Fsp3) is 0.222. The van der Waals surface area contributed by atoms with Crippen molar-refractivity contribution in [1.82, 2.24) is 20.0 Å². The molecule has 1 N–H and O–H groups in total. The van der Waals surface area contributed by atoms with Crippen LogP contribution in [0.5, 0.6) is 0 Å². The standard InChI is InChI=1S/C27H25ClN4O3/c28-21-8-10-22(11-9-21)32-24(25-7-4-16-35-25)17-23(30-32)27(34)31-14-12-20(13-15-31)26(33)29-18-19-5-2-1-3-6-19/h1-11,16-17,20H,12-15,18H2,(H,29,33). The van der Waals surface area contributed by atoms with Crippen LogP contribution in [-0.4, -0.2) is 39.6 Å². The van der Waals surface area contributed by atoms with Gasteiger partial charge in [0, 0.05) is 36.6 Å². The number of carbonyl (C=O) groups excluding carboxylic acids is 2. The number of hydrogen-bond donors (Lipinski definition) is 1. The summed E-state index contributed by atoms with van der Waals surface area (Å²) in [5, 5.41) is 8.23. The van der Waals surface area contributed by atoms with Gasteiger partial charge in [-0.1, -0.05) is 41.9 Å². The van der Waals surface area contributed by atoms with Crippen molar-refractivity contribution < 1.29 is 14.0 Å². The van der Waals surface area contributed by atoms with E-state index in [9.17, 15) is 9.59 Å². The predicted molar refractivity (Wildman–Crippen MR) is 133 cm³/mol. The Morgan fingerprint density at radius 3 is 2.43 bits per heavy atom. The van der Waals surface area contributed by atoms with Crippen molar-refractivity contribution >= 4 is 23.4 Å². The van der Waals surface area contributed by atoms with Crippen LogP contribution in [0, 0.1) is 5.92 Å². The van der Waals surface area contributed by atoms with Crippen LogP contribution >= 0.6 is 11.6 Å². The summed E-state index contributed by atoms with van der Waals surface area (Å²) in [6.07, 6.45) is 2.83.